The van der Waals surface area contributed by atoms with E-state index in [1.54, 1.807) is 24.3 Å². The van der Waals surface area contributed by atoms with Crippen molar-refractivity contribution in [1.29, 1.82) is 0 Å². The highest BCUT2D eigenvalue weighted by atomic mass is 16.6. The molecule has 0 radical (unpaired) electrons. The Kier molecular flexibility index (Phi) is 6.53. The molecule has 2 amide bonds. The molecule has 0 aromatic heterocycles. The van der Waals surface area contributed by atoms with Gasteiger partial charge in [-0.2, -0.15) is 0 Å². The van der Waals surface area contributed by atoms with Crippen LogP contribution < -0.4 is 15.4 Å². The van der Waals surface area contributed by atoms with E-state index >= 15 is 0 Å². The topological polar surface area (TPSA) is 76.7 Å². The number of amides is 2. The number of nitrogens with one attached hydrogen (secondary N) is 2. The molecule has 6 nitrogen and oxygen atoms in total. The van der Waals surface area contributed by atoms with Crippen molar-refractivity contribution in [3.63, 3.8) is 0 Å². The molecule has 2 N–H and O–H groups in total. The van der Waals surface area contributed by atoms with Crippen molar-refractivity contribution in [1.82, 2.24) is 5.32 Å². The van der Waals surface area contributed by atoms with Crippen molar-refractivity contribution in [2.75, 3.05) is 19.0 Å². The minimum Gasteiger partial charge on any atom is -0.482 e. The Morgan fingerprint density at radius 3 is 2.46 bits per heavy atom. The van der Waals surface area contributed by atoms with Crippen LogP contribution in [0.2, 0.25) is 0 Å². The lowest BCUT2D eigenvalue weighted by Crippen LogP contribution is -2.31. The number of carbonyl (C=O) groups is 2. The molecule has 0 saturated heterocycles. The number of anilines is 1. The molecule has 1 atom stereocenters. The first-order chi connectivity index (χ1) is 13.5. The SMILES string of the molecule is COC(=O)COc1ccc(NC(=O)N[C@H](C)c2ccc3c(c2)CCCC3)cc1. The first-order valence-electron chi connectivity index (χ1n) is 9.54. The smallest absolute Gasteiger partial charge is 0.343 e. The lowest BCUT2D eigenvalue weighted by atomic mass is 9.89. The fourth-order valence-corrected chi connectivity index (χ4v) is 3.31. The highest BCUT2D eigenvalue weighted by Crippen LogP contribution is 2.25. The van der Waals surface area contributed by atoms with Gasteiger partial charge in [-0.3, -0.25) is 0 Å². The van der Waals surface area contributed by atoms with Crippen LogP contribution in [-0.2, 0) is 22.4 Å². The van der Waals surface area contributed by atoms with E-state index in [1.807, 2.05) is 6.92 Å². The maximum atomic E-state index is 12.3. The number of ether oxygens (including phenoxy) is 2. The molecule has 1 aliphatic carbocycles. The van der Waals surface area contributed by atoms with Crippen molar-refractivity contribution in [2.24, 2.45) is 0 Å². The summed E-state index contributed by atoms with van der Waals surface area (Å²) in [6.07, 6.45) is 4.76. The number of esters is 1. The van der Waals surface area contributed by atoms with Gasteiger partial charge in [0, 0.05) is 5.69 Å². The number of benzene rings is 2. The van der Waals surface area contributed by atoms with Gasteiger partial charge in [-0.15, -0.1) is 0 Å². The zero-order valence-corrected chi connectivity index (χ0v) is 16.3. The van der Waals surface area contributed by atoms with E-state index in [4.69, 9.17) is 4.74 Å². The third kappa shape index (κ3) is 5.25. The Morgan fingerprint density at radius 1 is 1.04 bits per heavy atom. The van der Waals surface area contributed by atoms with E-state index in [0.717, 1.165) is 18.4 Å². The van der Waals surface area contributed by atoms with Gasteiger partial charge in [-0.05, 0) is 73.6 Å². The molecule has 0 aliphatic heterocycles. The molecule has 148 valence electrons. The third-order valence-corrected chi connectivity index (χ3v) is 4.92. The second-order valence-corrected chi connectivity index (χ2v) is 6.94. The Balaban J connectivity index is 1.52. The Bertz CT molecular complexity index is 833. The maximum Gasteiger partial charge on any atom is 0.343 e. The van der Waals surface area contributed by atoms with Crippen molar-refractivity contribution in [2.45, 2.75) is 38.6 Å². The summed E-state index contributed by atoms with van der Waals surface area (Å²) < 4.78 is 9.81. The van der Waals surface area contributed by atoms with E-state index in [0.29, 0.717) is 11.4 Å². The lowest BCUT2D eigenvalue weighted by molar-refractivity contribution is -0.142. The van der Waals surface area contributed by atoms with Gasteiger partial charge >= 0.3 is 12.0 Å². The van der Waals surface area contributed by atoms with Crippen LogP contribution in [0.1, 0.15) is 42.5 Å². The van der Waals surface area contributed by atoms with E-state index in [2.05, 4.69) is 33.6 Å². The van der Waals surface area contributed by atoms with E-state index in [-0.39, 0.29) is 18.7 Å². The number of carbonyl (C=O) groups excluding carboxylic acids is 2. The monoisotopic (exact) mass is 382 g/mol. The highest BCUT2D eigenvalue weighted by Gasteiger charge is 2.14. The zero-order chi connectivity index (χ0) is 19.9. The average molecular weight is 382 g/mol. The summed E-state index contributed by atoms with van der Waals surface area (Å²) in [6, 6.07) is 13.0. The molecule has 2 aromatic rings. The quantitative estimate of drug-likeness (QED) is 0.741. The Hall–Kier alpha value is -3.02. The number of rotatable bonds is 6. The number of aryl methyl sites for hydroxylation is 2. The zero-order valence-electron chi connectivity index (χ0n) is 16.3. The molecule has 1 aliphatic rings. The molecular weight excluding hydrogens is 356 g/mol. The lowest BCUT2D eigenvalue weighted by Gasteiger charge is -2.20. The van der Waals surface area contributed by atoms with Gasteiger partial charge in [0.25, 0.3) is 0 Å². The predicted molar refractivity (Wildman–Crippen MR) is 108 cm³/mol. The fraction of sp³-hybridized carbons (Fsp3) is 0.364. The second kappa shape index (κ2) is 9.26. The highest BCUT2D eigenvalue weighted by molar-refractivity contribution is 5.89. The third-order valence-electron chi connectivity index (χ3n) is 4.92. The molecule has 2 aromatic carbocycles. The molecule has 3 rings (SSSR count). The average Bonchev–Trinajstić information content (AvgIpc) is 2.72. The number of fused-ring (bicyclic) bond motifs is 1. The van der Waals surface area contributed by atoms with Crippen molar-refractivity contribution < 1.29 is 19.1 Å². The summed E-state index contributed by atoms with van der Waals surface area (Å²) >= 11 is 0. The summed E-state index contributed by atoms with van der Waals surface area (Å²) in [7, 11) is 1.31. The molecule has 0 saturated carbocycles. The van der Waals surface area contributed by atoms with Gasteiger partial charge in [0.2, 0.25) is 0 Å². The van der Waals surface area contributed by atoms with Crippen LogP contribution in [0.3, 0.4) is 0 Å². The maximum absolute atomic E-state index is 12.3. The summed E-state index contributed by atoms with van der Waals surface area (Å²) in [5, 5.41) is 5.78. The van der Waals surface area contributed by atoms with Crippen LogP contribution in [0.25, 0.3) is 0 Å². The minimum atomic E-state index is -0.447. The molecule has 0 bridgehead atoms. The van der Waals surface area contributed by atoms with Gasteiger partial charge in [-0.25, -0.2) is 9.59 Å². The molecule has 0 heterocycles. The molecule has 0 spiro atoms. The van der Waals surface area contributed by atoms with Gasteiger partial charge in [-0.1, -0.05) is 18.2 Å². The Labute approximate surface area is 165 Å². The Morgan fingerprint density at radius 2 is 1.75 bits per heavy atom. The number of hydrogen-bond acceptors (Lipinski definition) is 4. The predicted octanol–water partition coefficient (Wildman–Crippen LogP) is 4.00. The molecule has 6 heteroatoms. The summed E-state index contributed by atoms with van der Waals surface area (Å²) in [5.41, 5.74) is 4.59. The van der Waals surface area contributed by atoms with Gasteiger partial charge < -0.3 is 20.1 Å². The van der Waals surface area contributed by atoms with Crippen LogP contribution in [-0.4, -0.2) is 25.7 Å². The van der Waals surface area contributed by atoms with Crippen LogP contribution in [0.15, 0.2) is 42.5 Å². The normalized spacial score (nSPS) is 13.8. The largest absolute Gasteiger partial charge is 0.482 e. The van der Waals surface area contributed by atoms with Crippen LogP contribution in [0.5, 0.6) is 5.75 Å². The fourth-order valence-electron chi connectivity index (χ4n) is 3.31. The van der Waals surface area contributed by atoms with Gasteiger partial charge in [0.15, 0.2) is 6.61 Å². The second-order valence-electron chi connectivity index (χ2n) is 6.94. The molecular formula is C22H26N2O4. The summed E-state index contributed by atoms with van der Waals surface area (Å²) in [6.45, 7) is 1.83. The first kappa shape index (κ1) is 19.7. The molecule has 0 fully saturated rings. The van der Waals surface area contributed by atoms with Gasteiger partial charge in [0.1, 0.15) is 5.75 Å². The summed E-state index contributed by atoms with van der Waals surface area (Å²) in [4.78, 5) is 23.4. The summed E-state index contributed by atoms with van der Waals surface area (Å²) in [5.74, 6) is 0.0801. The molecule has 28 heavy (non-hydrogen) atoms. The minimum absolute atomic E-state index is 0.0881. The van der Waals surface area contributed by atoms with Crippen molar-refractivity contribution in [3.8, 4) is 5.75 Å². The van der Waals surface area contributed by atoms with E-state index in [9.17, 15) is 9.59 Å². The van der Waals surface area contributed by atoms with E-state index < -0.39 is 5.97 Å². The molecule has 0 unspecified atom stereocenters. The van der Waals surface area contributed by atoms with Crippen molar-refractivity contribution >= 4 is 17.7 Å². The van der Waals surface area contributed by atoms with Crippen LogP contribution in [0.4, 0.5) is 10.5 Å². The van der Waals surface area contributed by atoms with Gasteiger partial charge in [0.05, 0.1) is 13.2 Å². The number of methoxy groups -OCH3 is 1. The standard InChI is InChI=1S/C22H26N2O4/c1-15(17-8-7-16-5-3-4-6-18(16)13-17)23-22(26)24-19-9-11-20(12-10-19)28-14-21(25)27-2/h7-13,15H,3-6,14H2,1-2H3,(H2,23,24,26)/t15-/m1/s1. The number of hydrogen-bond donors (Lipinski definition) is 2. The first-order valence-corrected chi connectivity index (χ1v) is 9.54. The van der Waals surface area contributed by atoms with Crippen LogP contribution in [0, 0.1) is 0 Å². The van der Waals surface area contributed by atoms with Crippen LogP contribution >= 0.6 is 0 Å². The van der Waals surface area contributed by atoms with Crippen molar-refractivity contribution in [3.05, 3.63) is 59.2 Å². The van der Waals surface area contributed by atoms with E-state index in [1.165, 1.54) is 31.1 Å². The number of urea groups is 1.